The van der Waals surface area contributed by atoms with Crippen LogP contribution in [0.2, 0.25) is 0 Å². The Balaban J connectivity index is 1.55. The largest absolute Gasteiger partial charge is 0.457 e. The quantitative estimate of drug-likeness (QED) is 0.254. The maximum Gasteiger partial charge on any atom is 0.137 e. The second-order valence-corrected chi connectivity index (χ2v) is 11.5. The zero-order valence-electron chi connectivity index (χ0n) is 22.4. The summed E-state index contributed by atoms with van der Waals surface area (Å²) in [5.41, 5.74) is 7.26. The number of hydrogen-bond acceptors (Lipinski definition) is 4. The van der Waals surface area contributed by atoms with Crippen LogP contribution >= 0.6 is 0 Å². The Morgan fingerprint density at radius 2 is 1.22 bits per heavy atom. The highest BCUT2D eigenvalue weighted by atomic mass is 16.5. The Kier molecular flexibility index (Phi) is 6.28. The molecule has 186 valence electrons. The van der Waals surface area contributed by atoms with Crippen LogP contribution in [0.25, 0.3) is 33.4 Å². The van der Waals surface area contributed by atoms with Gasteiger partial charge in [0.25, 0.3) is 0 Å². The van der Waals surface area contributed by atoms with Gasteiger partial charge in [0.05, 0.1) is 16.9 Å². The monoisotopic (exact) mass is 487 g/mol. The van der Waals surface area contributed by atoms with Crippen LogP contribution in [0.1, 0.15) is 52.7 Å². The molecule has 0 aliphatic carbocycles. The lowest BCUT2D eigenvalue weighted by molar-refractivity contribution is 0.488. The van der Waals surface area contributed by atoms with Crippen molar-refractivity contribution in [3.05, 3.63) is 103 Å². The van der Waals surface area contributed by atoms with Crippen molar-refractivity contribution in [3.8, 4) is 34.0 Å². The van der Waals surface area contributed by atoms with Crippen molar-refractivity contribution in [2.45, 2.75) is 52.4 Å². The van der Waals surface area contributed by atoms with Gasteiger partial charge in [-0.05, 0) is 82.6 Å². The standard InChI is InChI=1S/C33H33N3O/c1-32(2,3)24-12-15-35-28(20-24)22-9-7-10-26(17-22)37-31-19-23(18-30-27(31)11-8-14-34-30)29-21-25(13-16-36-29)33(4,5)6/h7-21H,1-6H3. The molecule has 4 heteroatoms. The highest BCUT2D eigenvalue weighted by molar-refractivity contribution is 5.90. The second kappa shape index (κ2) is 9.44. The topological polar surface area (TPSA) is 47.9 Å². The van der Waals surface area contributed by atoms with Gasteiger partial charge in [0.15, 0.2) is 0 Å². The first-order valence-electron chi connectivity index (χ1n) is 12.7. The lowest BCUT2D eigenvalue weighted by atomic mass is 9.87. The van der Waals surface area contributed by atoms with Crippen molar-refractivity contribution in [2.24, 2.45) is 0 Å². The van der Waals surface area contributed by atoms with E-state index in [1.165, 1.54) is 11.1 Å². The molecule has 37 heavy (non-hydrogen) atoms. The van der Waals surface area contributed by atoms with Crippen molar-refractivity contribution in [1.82, 2.24) is 15.0 Å². The molecule has 2 aromatic carbocycles. The third-order valence-corrected chi connectivity index (χ3v) is 6.59. The van der Waals surface area contributed by atoms with E-state index in [-0.39, 0.29) is 10.8 Å². The van der Waals surface area contributed by atoms with E-state index in [2.05, 4.69) is 99.0 Å². The lowest BCUT2D eigenvalue weighted by Crippen LogP contribution is -2.11. The normalized spacial score (nSPS) is 12.1. The fourth-order valence-corrected chi connectivity index (χ4v) is 4.34. The zero-order chi connectivity index (χ0) is 26.2. The third kappa shape index (κ3) is 5.39. The van der Waals surface area contributed by atoms with Crippen LogP contribution in [0.3, 0.4) is 0 Å². The van der Waals surface area contributed by atoms with Crippen LogP contribution in [0.15, 0.2) is 91.4 Å². The summed E-state index contributed by atoms with van der Waals surface area (Å²) in [7, 11) is 0. The van der Waals surface area contributed by atoms with E-state index >= 15 is 0 Å². The van der Waals surface area contributed by atoms with Gasteiger partial charge in [-0.1, -0.05) is 53.7 Å². The van der Waals surface area contributed by atoms with Crippen molar-refractivity contribution in [3.63, 3.8) is 0 Å². The van der Waals surface area contributed by atoms with E-state index in [0.717, 1.165) is 44.9 Å². The molecule has 3 aromatic heterocycles. The molecule has 0 fully saturated rings. The van der Waals surface area contributed by atoms with Crippen molar-refractivity contribution >= 4 is 10.9 Å². The zero-order valence-corrected chi connectivity index (χ0v) is 22.4. The molecule has 0 N–H and O–H groups in total. The Morgan fingerprint density at radius 3 is 1.86 bits per heavy atom. The Labute approximate surface area is 219 Å². The van der Waals surface area contributed by atoms with Crippen molar-refractivity contribution < 1.29 is 4.74 Å². The molecular weight excluding hydrogens is 454 g/mol. The molecule has 0 atom stereocenters. The van der Waals surface area contributed by atoms with Crippen molar-refractivity contribution in [1.29, 1.82) is 0 Å². The number of nitrogens with zero attached hydrogens (tertiary/aromatic N) is 3. The third-order valence-electron chi connectivity index (χ3n) is 6.59. The molecule has 0 saturated heterocycles. The fourth-order valence-electron chi connectivity index (χ4n) is 4.34. The molecule has 5 rings (SSSR count). The minimum atomic E-state index is 0.0326. The Hall–Kier alpha value is -4.05. The fraction of sp³-hybridized carbons (Fsp3) is 0.242. The maximum atomic E-state index is 6.52. The highest BCUT2D eigenvalue weighted by Crippen LogP contribution is 2.36. The lowest BCUT2D eigenvalue weighted by Gasteiger charge is -2.20. The molecule has 0 radical (unpaired) electrons. The number of benzene rings is 2. The van der Waals surface area contributed by atoms with E-state index < -0.39 is 0 Å². The second-order valence-electron chi connectivity index (χ2n) is 11.5. The number of aromatic nitrogens is 3. The van der Waals surface area contributed by atoms with Gasteiger partial charge in [-0.3, -0.25) is 15.0 Å². The molecular formula is C33H33N3O. The van der Waals surface area contributed by atoms with Crippen LogP contribution in [0, 0.1) is 0 Å². The van der Waals surface area contributed by atoms with Crippen LogP contribution in [0.4, 0.5) is 0 Å². The minimum absolute atomic E-state index is 0.0326. The number of ether oxygens (including phenoxy) is 1. The molecule has 0 amide bonds. The number of fused-ring (bicyclic) bond motifs is 1. The maximum absolute atomic E-state index is 6.52. The molecule has 0 aliphatic heterocycles. The summed E-state index contributed by atoms with van der Waals surface area (Å²) in [6.45, 7) is 13.3. The van der Waals surface area contributed by atoms with Gasteiger partial charge in [-0.15, -0.1) is 0 Å². The summed E-state index contributed by atoms with van der Waals surface area (Å²) in [4.78, 5) is 13.9. The van der Waals surface area contributed by atoms with E-state index in [1.54, 1.807) is 0 Å². The summed E-state index contributed by atoms with van der Waals surface area (Å²) in [5.74, 6) is 1.50. The Bertz CT molecular complexity index is 1580. The molecule has 5 aromatic rings. The molecule has 4 nitrogen and oxygen atoms in total. The summed E-state index contributed by atoms with van der Waals surface area (Å²) >= 11 is 0. The first-order valence-corrected chi connectivity index (χ1v) is 12.7. The van der Waals surface area contributed by atoms with Gasteiger partial charge >= 0.3 is 0 Å². The predicted molar refractivity (Wildman–Crippen MR) is 152 cm³/mol. The van der Waals surface area contributed by atoms with Gasteiger partial charge in [-0.2, -0.15) is 0 Å². The van der Waals surface area contributed by atoms with Gasteiger partial charge in [0, 0.05) is 35.1 Å². The van der Waals surface area contributed by atoms with Gasteiger partial charge in [0.1, 0.15) is 11.5 Å². The van der Waals surface area contributed by atoms with E-state index in [9.17, 15) is 0 Å². The molecule has 0 bridgehead atoms. The molecule has 0 aliphatic rings. The van der Waals surface area contributed by atoms with Gasteiger partial charge in [0.2, 0.25) is 0 Å². The average molecular weight is 488 g/mol. The van der Waals surface area contributed by atoms with E-state index in [4.69, 9.17) is 4.74 Å². The van der Waals surface area contributed by atoms with Gasteiger partial charge < -0.3 is 4.74 Å². The number of hydrogen-bond donors (Lipinski definition) is 0. The van der Waals surface area contributed by atoms with Crippen LogP contribution in [0.5, 0.6) is 11.5 Å². The minimum Gasteiger partial charge on any atom is -0.457 e. The summed E-state index contributed by atoms with van der Waals surface area (Å²) in [6, 6.07) is 24.7. The molecule has 3 heterocycles. The summed E-state index contributed by atoms with van der Waals surface area (Å²) in [5, 5.41) is 0.955. The highest BCUT2D eigenvalue weighted by Gasteiger charge is 2.17. The van der Waals surface area contributed by atoms with Crippen LogP contribution in [-0.2, 0) is 10.8 Å². The molecule has 0 spiro atoms. The molecule has 0 saturated carbocycles. The summed E-state index contributed by atoms with van der Waals surface area (Å²) < 4.78 is 6.52. The van der Waals surface area contributed by atoms with E-state index in [0.29, 0.717) is 0 Å². The smallest absolute Gasteiger partial charge is 0.137 e. The first kappa shape index (κ1) is 24.6. The van der Waals surface area contributed by atoms with Crippen LogP contribution < -0.4 is 4.74 Å². The van der Waals surface area contributed by atoms with Gasteiger partial charge in [-0.25, -0.2) is 0 Å². The predicted octanol–water partition coefficient (Wildman–Crippen LogP) is 8.75. The van der Waals surface area contributed by atoms with E-state index in [1.807, 2.05) is 48.9 Å². The average Bonchev–Trinajstić information content (AvgIpc) is 2.88. The summed E-state index contributed by atoms with van der Waals surface area (Å²) in [6.07, 6.45) is 5.56. The SMILES string of the molecule is CC(C)(C)c1ccnc(-c2cccc(Oc3cc(-c4cc(C(C)(C)C)ccn4)cc4ncccc34)c2)c1. The molecule has 0 unspecified atom stereocenters. The number of rotatable bonds is 4. The van der Waals surface area contributed by atoms with Crippen LogP contribution in [-0.4, -0.2) is 15.0 Å². The number of pyridine rings is 3. The first-order chi connectivity index (χ1) is 17.6. The Morgan fingerprint density at radius 1 is 0.568 bits per heavy atom. The van der Waals surface area contributed by atoms with Crippen molar-refractivity contribution in [2.75, 3.05) is 0 Å².